The summed E-state index contributed by atoms with van der Waals surface area (Å²) in [5.41, 5.74) is 12.3. The zero-order valence-electron chi connectivity index (χ0n) is 17.3. The van der Waals surface area contributed by atoms with E-state index in [-0.39, 0.29) is 17.8 Å². The molecule has 1 aromatic carbocycles. The predicted molar refractivity (Wildman–Crippen MR) is 117 cm³/mol. The summed E-state index contributed by atoms with van der Waals surface area (Å²) in [4.78, 5) is 31.1. The normalized spacial score (nSPS) is 15.9. The molecule has 7 nitrogen and oxygen atoms in total. The van der Waals surface area contributed by atoms with Crippen LogP contribution in [-0.4, -0.2) is 53.8 Å². The number of rotatable bonds is 3. The van der Waals surface area contributed by atoms with Gasteiger partial charge in [0.2, 0.25) is 11.8 Å². The van der Waals surface area contributed by atoms with Gasteiger partial charge in [-0.25, -0.2) is 4.99 Å². The average Bonchev–Trinajstić information content (AvgIpc) is 3.16. The highest BCUT2D eigenvalue weighted by Gasteiger charge is 2.23. The lowest BCUT2D eigenvalue weighted by Crippen LogP contribution is -2.41. The third-order valence-electron chi connectivity index (χ3n) is 4.72. The molecule has 2 fully saturated rings. The molecular weight excluding hydrogens is 366 g/mol. The van der Waals surface area contributed by atoms with Gasteiger partial charge < -0.3 is 21.3 Å². The SMILES string of the molecule is C#C.Cc1cccc(N=C(N)N)c1.O=C(CN1CCCCCC1=O)N1CCCC1. The first kappa shape index (κ1) is 24.0. The van der Waals surface area contributed by atoms with E-state index < -0.39 is 0 Å². The summed E-state index contributed by atoms with van der Waals surface area (Å²) in [6.45, 7) is 4.81. The highest BCUT2D eigenvalue weighted by atomic mass is 16.2. The number of guanidine groups is 1. The number of nitrogens with zero attached hydrogens (tertiary/aromatic N) is 3. The Morgan fingerprint density at radius 2 is 1.72 bits per heavy atom. The van der Waals surface area contributed by atoms with Crippen molar-refractivity contribution >= 4 is 23.5 Å². The summed E-state index contributed by atoms with van der Waals surface area (Å²) in [5.74, 6) is 0.383. The van der Waals surface area contributed by atoms with E-state index in [4.69, 9.17) is 11.5 Å². The Morgan fingerprint density at radius 1 is 1.07 bits per heavy atom. The average molecular weight is 400 g/mol. The second-order valence-corrected chi connectivity index (χ2v) is 7.09. The van der Waals surface area contributed by atoms with Crippen LogP contribution in [0.4, 0.5) is 5.69 Å². The number of hydrogen-bond acceptors (Lipinski definition) is 3. The lowest BCUT2D eigenvalue weighted by atomic mass is 10.2. The molecule has 0 spiro atoms. The van der Waals surface area contributed by atoms with E-state index in [1.807, 2.05) is 36.1 Å². The van der Waals surface area contributed by atoms with Crippen molar-refractivity contribution in [1.82, 2.24) is 9.80 Å². The molecule has 3 rings (SSSR count). The molecule has 0 atom stereocenters. The second-order valence-electron chi connectivity index (χ2n) is 7.09. The molecule has 2 aliphatic heterocycles. The van der Waals surface area contributed by atoms with Gasteiger partial charge in [-0.05, 0) is 50.3 Å². The molecule has 0 unspecified atom stereocenters. The monoisotopic (exact) mass is 399 g/mol. The van der Waals surface area contributed by atoms with Gasteiger partial charge in [0.25, 0.3) is 0 Å². The number of carbonyl (C=O) groups excluding carboxylic acids is 2. The number of nitrogens with two attached hydrogens (primary N) is 2. The first-order valence-corrected chi connectivity index (χ1v) is 10.0. The third-order valence-corrected chi connectivity index (χ3v) is 4.72. The minimum absolute atomic E-state index is 0.0931. The van der Waals surface area contributed by atoms with Crippen LogP contribution >= 0.6 is 0 Å². The van der Waals surface area contributed by atoms with Crippen molar-refractivity contribution in [1.29, 1.82) is 0 Å². The van der Waals surface area contributed by atoms with Crippen LogP contribution < -0.4 is 11.5 Å². The number of aliphatic imine (C=N–C) groups is 1. The molecule has 158 valence electrons. The van der Waals surface area contributed by atoms with E-state index in [0.717, 1.165) is 63.0 Å². The maximum Gasteiger partial charge on any atom is 0.242 e. The predicted octanol–water partition coefficient (Wildman–Crippen LogP) is 2.16. The molecule has 0 bridgehead atoms. The maximum absolute atomic E-state index is 11.9. The highest BCUT2D eigenvalue weighted by Crippen LogP contribution is 2.13. The van der Waals surface area contributed by atoms with E-state index in [9.17, 15) is 9.59 Å². The molecule has 2 saturated heterocycles. The Morgan fingerprint density at radius 3 is 2.34 bits per heavy atom. The fourth-order valence-electron chi connectivity index (χ4n) is 3.28. The smallest absolute Gasteiger partial charge is 0.242 e. The molecule has 7 heteroatoms. The summed E-state index contributed by atoms with van der Waals surface area (Å²) >= 11 is 0. The quantitative estimate of drug-likeness (QED) is 0.461. The van der Waals surface area contributed by atoms with Gasteiger partial charge in [-0.3, -0.25) is 9.59 Å². The van der Waals surface area contributed by atoms with Crippen LogP contribution in [0.5, 0.6) is 0 Å². The standard InChI is InChI=1S/C12H20N2O2.C8H11N3.C2H2/c15-11-6-2-1-3-9-14(11)10-12(16)13-7-4-5-8-13;1-6-3-2-4-7(5-6)11-8(9)10;1-2/h1-10H2;2-5H,1H3,(H4,9,10,11);1-2H. The molecule has 0 saturated carbocycles. The zero-order chi connectivity index (χ0) is 21.6. The van der Waals surface area contributed by atoms with E-state index in [1.54, 1.807) is 4.90 Å². The van der Waals surface area contributed by atoms with Crippen LogP contribution in [0, 0.1) is 19.8 Å². The van der Waals surface area contributed by atoms with Crippen molar-refractivity contribution in [2.45, 2.75) is 45.4 Å². The summed E-state index contributed by atoms with van der Waals surface area (Å²) in [6.07, 6.45) is 14.0. The minimum Gasteiger partial charge on any atom is -0.370 e. The third kappa shape index (κ3) is 9.15. The Bertz CT molecular complexity index is 704. The topological polar surface area (TPSA) is 105 Å². The van der Waals surface area contributed by atoms with Gasteiger partial charge in [-0.15, -0.1) is 12.8 Å². The number of likely N-dealkylation sites (tertiary alicyclic amines) is 2. The van der Waals surface area contributed by atoms with E-state index >= 15 is 0 Å². The molecule has 2 heterocycles. The molecule has 0 aliphatic carbocycles. The van der Waals surface area contributed by atoms with Crippen molar-refractivity contribution in [3.63, 3.8) is 0 Å². The fourth-order valence-corrected chi connectivity index (χ4v) is 3.28. The molecule has 2 aliphatic rings. The van der Waals surface area contributed by atoms with Gasteiger partial charge >= 0.3 is 0 Å². The molecule has 0 aromatic heterocycles. The van der Waals surface area contributed by atoms with Crippen LogP contribution in [0.1, 0.15) is 44.1 Å². The number of amides is 2. The van der Waals surface area contributed by atoms with Gasteiger partial charge in [0.05, 0.1) is 12.2 Å². The Balaban J connectivity index is 0.000000284. The van der Waals surface area contributed by atoms with E-state index in [1.165, 1.54) is 0 Å². The van der Waals surface area contributed by atoms with Crippen molar-refractivity contribution in [2.24, 2.45) is 16.5 Å². The number of benzene rings is 1. The lowest BCUT2D eigenvalue weighted by molar-refractivity contribution is -0.139. The number of terminal acetylenes is 1. The molecule has 4 N–H and O–H groups in total. The van der Waals surface area contributed by atoms with Crippen LogP contribution in [0.3, 0.4) is 0 Å². The van der Waals surface area contributed by atoms with E-state index in [0.29, 0.717) is 13.0 Å². The van der Waals surface area contributed by atoms with Crippen molar-refractivity contribution in [3.05, 3.63) is 29.8 Å². The first-order chi connectivity index (χ1) is 14.0. The summed E-state index contributed by atoms with van der Waals surface area (Å²) in [6, 6.07) is 7.68. The number of carbonyl (C=O) groups is 2. The minimum atomic E-state index is 0.0931. The van der Waals surface area contributed by atoms with Crippen LogP contribution in [0.2, 0.25) is 0 Å². The van der Waals surface area contributed by atoms with Crippen LogP contribution in [0.15, 0.2) is 29.3 Å². The fraction of sp³-hybridized carbons (Fsp3) is 0.500. The Labute approximate surface area is 174 Å². The van der Waals surface area contributed by atoms with Crippen molar-refractivity contribution < 1.29 is 9.59 Å². The lowest BCUT2D eigenvalue weighted by Gasteiger charge is -2.23. The highest BCUT2D eigenvalue weighted by molar-refractivity contribution is 5.85. The Hall–Kier alpha value is -3.01. The molecule has 1 aromatic rings. The van der Waals surface area contributed by atoms with Gasteiger partial charge in [-0.1, -0.05) is 18.6 Å². The molecule has 0 radical (unpaired) electrons. The maximum atomic E-state index is 11.9. The summed E-state index contributed by atoms with van der Waals surface area (Å²) < 4.78 is 0. The molecule has 2 amide bonds. The van der Waals surface area contributed by atoms with Gasteiger partial charge in [0, 0.05) is 26.1 Å². The van der Waals surface area contributed by atoms with Gasteiger partial charge in [0.1, 0.15) is 0 Å². The van der Waals surface area contributed by atoms with E-state index in [2.05, 4.69) is 17.8 Å². The van der Waals surface area contributed by atoms with Crippen LogP contribution in [0.25, 0.3) is 0 Å². The first-order valence-electron chi connectivity index (χ1n) is 10.0. The largest absolute Gasteiger partial charge is 0.370 e. The van der Waals surface area contributed by atoms with Crippen molar-refractivity contribution in [3.8, 4) is 12.8 Å². The summed E-state index contributed by atoms with van der Waals surface area (Å²) in [7, 11) is 0. The van der Waals surface area contributed by atoms with Gasteiger partial charge in [-0.2, -0.15) is 0 Å². The summed E-state index contributed by atoms with van der Waals surface area (Å²) in [5, 5.41) is 0. The van der Waals surface area contributed by atoms with Crippen molar-refractivity contribution in [2.75, 3.05) is 26.2 Å². The Kier molecular flexibility index (Phi) is 10.9. The number of hydrogen-bond donors (Lipinski definition) is 2. The molecular formula is C22H33N5O2. The zero-order valence-corrected chi connectivity index (χ0v) is 17.3. The van der Waals surface area contributed by atoms with Crippen LogP contribution in [-0.2, 0) is 9.59 Å². The van der Waals surface area contributed by atoms with Gasteiger partial charge in [0.15, 0.2) is 5.96 Å². The molecule has 29 heavy (non-hydrogen) atoms. The number of aryl methyl sites for hydroxylation is 1. The second kappa shape index (κ2) is 13.2.